The second kappa shape index (κ2) is 6.77. The molecule has 1 amide bonds. The Morgan fingerprint density at radius 2 is 1.91 bits per heavy atom. The highest BCUT2D eigenvalue weighted by molar-refractivity contribution is 7.92. The SMILES string of the molecule is C[C@@H]1CCC[C@@H](NC(=O)[C@@H](C)S(=O)(=O)c2ccc(F)cc2)C1. The monoisotopic (exact) mass is 327 g/mol. The molecule has 0 spiro atoms. The normalized spacial score (nSPS) is 23.8. The van der Waals surface area contributed by atoms with E-state index >= 15 is 0 Å². The first-order chi connectivity index (χ1) is 10.3. The molecule has 0 unspecified atom stereocenters. The van der Waals surface area contributed by atoms with Crippen molar-refractivity contribution >= 4 is 15.7 Å². The summed E-state index contributed by atoms with van der Waals surface area (Å²) in [6, 6.07) is 4.59. The maximum Gasteiger partial charge on any atom is 0.238 e. The van der Waals surface area contributed by atoms with Gasteiger partial charge in [-0.15, -0.1) is 0 Å². The fraction of sp³-hybridized carbons (Fsp3) is 0.562. The summed E-state index contributed by atoms with van der Waals surface area (Å²) in [6.45, 7) is 3.51. The fourth-order valence-electron chi connectivity index (χ4n) is 2.85. The number of benzene rings is 1. The second-order valence-electron chi connectivity index (χ2n) is 6.12. The first-order valence-electron chi connectivity index (χ1n) is 7.60. The van der Waals surface area contributed by atoms with E-state index in [4.69, 9.17) is 0 Å². The van der Waals surface area contributed by atoms with Crippen LogP contribution >= 0.6 is 0 Å². The molecular formula is C16H22FNO3S. The average Bonchev–Trinajstić information content (AvgIpc) is 2.46. The van der Waals surface area contributed by atoms with Gasteiger partial charge in [-0.1, -0.05) is 19.8 Å². The van der Waals surface area contributed by atoms with Crippen LogP contribution in [-0.4, -0.2) is 25.6 Å². The Bertz CT molecular complexity index is 627. The van der Waals surface area contributed by atoms with Crippen LogP contribution in [0.2, 0.25) is 0 Å². The Balaban J connectivity index is 2.07. The maximum absolute atomic E-state index is 12.9. The summed E-state index contributed by atoms with van der Waals surface area (Å²) in [5.41, 5.74) is 0. The van der Waals surface area contributed by atoms with Crippen molar-refractivity contribution in [3.05, 3.63) is 30.1 Å². The summed E-state index contributed by atoms with van der Waals surface area (Å²) < 4.78 is 37.7. The van der Waals surface area contributed by atoms with Crippen LogP contribution in [0.25, 0.3) is 0 Å². The predicted octanol–water partition coefficient (Wildman–Crippen LogP) is 2.68. The van der Waals surface area contributed by atoms with E-state index in [1.165, 1.54) is 19.1 Å². The molecule has 1 aliphatic carbocycles. The van der Waals surface area contributed by atoms with Gasteiger partial charge in [0.2, 0.25) is 5.91 Å². The first-order valence-corrected chi connectivity index (χ1v) is 9.15. The molecule has 22 heavy (non-hydrogen) atoms. The van der Waals surface area contributed by atoms with Gasteiger partial charge in [0.25, 0.3) is 0 Å². The molecule has 1 fully saturated rings. The van der Waals surface area contributed by atoms with E-state index in [0.29, 0.717) is 5.92 Å². The van der Waals surface area contributed by atoms with Crippen molar-refractivity contribution in [2.45, 2.75) is 55.7 Å². The van der Waals surface area contributed by atoms with Crippen LogP contribution in [0.1, 0.15) is 39.5 Å². The van der Waals surface area contributed by atoms with Gasteiger partial charge in [-0.05, 0) is 49.9 Å². The molecule has 1 N–H and O–H groups in total. The molecule has 1 aromatic rings. The maximum atomic E-state index is 12.9. The molecule has 0 saturated heterocycles. The first kappa shape index (κ1) is 16.9. The van der Waals surface area contributed by atoms with Gasteiger partial charge in [0.1, 0.15) is 11.1 Å². The summed E-state index contributed by atoms with van der Waals surface area (Å²) >= 11 is 0. The van der Waals surface area contributed by atoms with E-state index in [9.17, 15) is 17.6 Å². The lowest BCUT2D eigenvalue weighted by Gasteiger charge is -2.28. The van der Waals surface area contributed by atoms with Crippen LogP contribution < -0.4 is 5.32 Å². The van der Waals surface area contributed by atoms with Gasteiger partial charge in [-0.3, -0.25) is 4.79 Å². The summed E-state index contributed by atoms with van der Waals surface area (Å²) in [5.74, 6) is -0.446. The van der Waals surface area contributed by atoms with E-state index in [0.717, 1.165) is 37.8 Å². The van der Waals surface area contributed by atoms with E-state index in [1.807, 2.05) is 0 Å². The highest BCUT2D eigenvalue weighted by atomic mass is 32.2. The lowest BCUT2D eigenvalue weighted by molar-refractivity contribution is -0.121. The number of carbonyl (C=O) groups is 1. The standard InChI is InChI=1S/C16H22FNO3S/c1-11-4-3-5-14(10-11)18-16(19)12(2)22(20,21)15-8-6-13(17)7-9-15/h6-9,11-12,14H,3-5,10H2,1-2H3,(H,18,19)/t11-,12-,14-/m1/s1. The highest BCUT2D eigenvalue weighted by Gasteiger charge is 2.31. The number of hydrogen-bond donors (Lipinski definition) is 1. The minimum atomic E-state index is -3.80. The summed E-state index contributed by atoms with van der Waals surface area (Å²) in [4.78, 5) is 12.2. The Hall–Kier alpha value is -1.43. The van der Waals surface area contributed by atoms with Crippen LogP contribution in [-0.2, 0) is 14.6 Å². The molecule has 1 aromatic carbocycles. The molecule has 0 radical (unpaired) electrons. The Morgan fingerprint density at radius 1 is 1.27 bits per heavy atom. The number of hydrogen-bond acceptors (Lipinski definition) is 3. The Kier molecular flexibility index (Phi) is 5.21. The lowest BCUT2D eigenvalue weighted by Crippen LogP contribution is -2.44. The van der Waals surface area contributed by atoms with Crippen molar-refractivity contribution < 1.29 is 17.6 Å². The van der Waals surface area contributed by atoms with E-state index < -0.39 is 26.8 Å². The van der Waals surface area contributed by atoms with Crippen molar-refractivity contribution in [1.29, 1.82) is 0 Å². The molecule has 0 heterocycles. The fourth-order valence-corrected chi connectivity index (χ4v) is 4.13. The van der Waals surface area contributed by atoms with Crippen LogP contribution in [0.4, 0.5) is 4.39 Å². The number of carbonyl (C=O) groups excluding carboxylic acids is 1. The van der Waals surface area contributed by atoms with Gasteiger partial charge in [-0.25, -0.2) is 12.8 Å². The van der Waals surface area contributed by atoms with Crippen LogP contribution in [0, 0.1) is 11.7 Å². The van der Waals surface area contributed by atoms with E-state index in [1.54, 1.807) is 0 Å². The summed E-state index contributed by atoms with van der Waals surface area (Å²) in [7, 11) is -3.80. The van der Waals surface area contributed by atoms with Crippen molar-refractivity contribution in [2.24, 2.45) is 5.92 Å². The third-order valence-electron chi connectivity index (χ3n) is 4.26. The molecular weight excluding hydrogens is 305 g/mol. The number of nitrogens with one attached hydrogen (secondary N) is 1. The number of amides is 1. The van der Waals surface area contributed by atoms with Crippen molar-refractivity contribution in [3.8, 4) is 0 Å². The smallest absolute Gasteiger partial charge is 0.238 e. The molecule has 0 aromatic heterocycles. The molecule has 4 nitrogen and oxygen atoms in total. The van der Waals surface area contributed by atoms with Crippen molar-refractivity contribution in [2.75, 3.05) is 0 Å². The van der Waals surface area contributed by atoms with Gasteiger partial charge < -0.3 is 5.32 Å². The molecule has 0 aliphatic heterocycles. The van der Waals surface area contributed by atoms with E-state index in [-0.39, 0.29) is 10.9 Å². The second-order valence-corrected chi connectivity index (χ2v) is 8.39. The van der Waals surface area contributed by atoms with Crippen LogP contribution in [0.5, 0.6) is 0 Å². The molecule has 1 saturated carbocycles. The Labute approximate surface area is 131 Å². The zero-order valence-electron chi connectivity index (χ0n) is 12.9. The zero-order chi connectivity index (χ0) is 16.3. The number of halogens is 1. The molecule has 0 bridgehead atoms. The highest BCUT2D eigenvalue weighted by Crippen LogP contribution is 2.24. The quantitative estimate of drug-likeness (QED) is 0.865. The van der Waals surface area contributed by atoms with E-state index in [2.05, 4.69) is 12.2 Å². The predicted molar refractivity (Wildman–Crippen MR) is 82.6 cm³/mol. The minimum absolute atomic E-state index is 0.0337. The third-order valence-corrected chi connectivity index (χ3v) is 6.33. The summed E-state index contributed by atoms with van der Waals surface area (Å²) in [6.07, 6.45) is 3.97. The molecule has 122 valence electrons. The molecule has 2 rings (SSSR count). The molecule has 1 aliphatic rings. The largest absolute Gasteiger partial charge is 0.352 e. The van der Waals surface area contributed by atoms with Gasteiger partial charge in [0, 0.05) is 6.04 Å². The van der Waals surface area contributed by atoms with Gasteiger partial charge in [-0.2, -0.15) is 0 Å². The van der Waals surface area contributed by atoms with Gasteiger partial charge in [0.05, 0.1) is 4.90 Å². The van der Waals surface area contributed by atoms with Gasteiger partial charge >= 0.3 is 0 Å². The third kappa shape index (κ3) is 3.85. The Morgan fingerprint density at radius 3 is 2.50 bits per heavy atom. The van der Waals surface area contributed by atoms with Gasteiger partial charge in [0.15, 0.2) is 9.84 Å². The van der Waals surface area contributed by atoms with Crippen LogP contribution in [0.15, 0.2) is 29.2 Å². The number of sulfone groups is 1. The zero-order valence-corrected chi connectivity index (χ0v) is 13.7. The van der Waals surface area contributed by atoms with Crippen LogP contribution in [0.3, 0.4) is 0 Å². The topological polar surface area (TPSA) is 63.2 Å². The minimum Gasteiger partial charge on any atom is -0.352 e. The average molecular weight is 327 g/mol. The molecule has 3 atom stereocenters. The summed E-state index contributed by atoms with van der Waals surface area (Å²) in [5, 5.41) is 1.66. The molecule has 6 heteroatoms. The lowest BCUT2D eigenvalue weighted by atomic mass is 9.87. The number of rotatable bonds is 4. The van der Waals surface area contributed by atoms with Crippen molar-refractivity contribution in [1.82, 2.24) is 5.32 Å². The van der Waals surface area contributed by atoms with Crippen molar-refractivity contribution in [3.63, 3.8) is 0 Å².